The van der Waals surface area contributed by atoms with Gasteiger partial charge in [-0.1, -0.05) is 30.3 Å². The van der Waals surface area contributed by atoms with Gasteiger partial charge in [0.15, 0.2) is 0 Å². The Kier molecular flexibility index (Phi) is 6.59. The summed E-state index contributed by atoms with van der Waals surface area (Å²) in [7, 11) is 0. The van der Waals surface area contributed by atoms with Crippen LogP contribution < -0.4 is 10.6 Å². The minimum Gasteiger partial charge on any atom is -0.459 e. The number of benzene rings is 1. The van der Waals surface area contributed by atoms with Crippen molar-refractivity contribution in [2.45, 2.75) is 65.1 Å². The molecule has 3 N–H and O–H groups in total. The maximum absolute atomic E-state index is 13.0. The van der Waals surface area contributed by atoms with Crippen LogP contribution in [0.15, 0.2) is 30.3 Å². The molecule has 2 amide bonds. The lowest BCUT2D eigenvalue weighted by Crippen LogP contribution is -2.48. The van der Waals surface area contributed by atoms with Gasteiger partial charge in [0.05, 0.1) is 11.7 Å². The summed E-state index contributed by atoms with van der Waals surface area (Å²) in [5.41, 5.74) is 2.65. The molecule has 3 rings (SSSR count). The number of hydrogen-bond acceptors (Lipinski definition) is 4. The lowest BCUT2D eigenvalue weighted by molar-refractivity contribution is -0.123. The molecule has 0 saturated heterocycles. The molecule has 1 unspecified atom stereocenters. The minimum atomic E-state index is -0.713. The van der Waals surface area contributed by atoms with E-state index in [2.05, 4.69) is 15.6 Å². The summed E-state index contributed by atoms with van der Waals surface area (Å²) < 4.78 is 5.29. The van der Waals surface area contributed by atoms with E-state index in [4.69, 9.17) is 4.74 Å². The molecular weight excluding hydrogens is 382 g/mol. The van der Waals surface area contributed by atoms with E-state index >= 15 is 0 Å². The Morgan fingerprint density at radius 2 is 1.80 bits per heavy atom. The number of ether oxygens (including phenoxy) is 1. The van der Waals surface area contributed by atoms with Gasteiger partial charge >= 0.3 is 5.97 Å². The Morgan fingerprint density at radius 3 is 2.40 bits per heavy atom. The van der Waals surface area contributed by atoms with E-state index in [0.29, 0.717) is 23.2 Å². The van der Waals surface area contributed by atoms with Crippen molar-refractivity contribution in [3.8, 4) is 0 Å². The van der Waals surface area contributed by atoms with E-state index in [-0.39, 0.29) is 23.7 Å². The fraction of sp³-hybridized carbons (Fsp3) is 0.435. The van der Waals surface area contributed by atoms with Crippen LogP contribution in [0.25, 0.3) is 0 Å². The normalized spacial score (nSPS) is 14.3. The molecule has 0 radical (unpaired) electrons. The standard InChI is InChI=1S/C23H29N3O4/c1-13(2)30-23(29)19-14(3)20(24-15(19)4)22(28)26-18(21(27)25-17-10-11-17)12-16-8-6-5-7-9-16/h5-9,13,17-18,24H,10-12H2,1-4H3,(H,25,27)(H,26,28). The Labute approximate surface area is 176 Å². The van der Waals surface area contributed by atoms with Crippen molar-refractivity contribution in [1.29, 1.82) is 0 Å². The van der Waals surface area contributed by atoms with Crippen LogP contribution in [0.3, 0.4) is 0 Å². The number of carbonyl (C=O) groups is 3. The number of rotatable bonds is 8. The number of esters is 1. The first-order valence-electron chi connectivity index (χ1n) is 10.3. The average molecular weight is 412 g/mol. The molecule has 0 aliphatic heterocycles. The van der Waals surface area contributed by atoms with E-state index in [1.165, 1.54) is 0 Å². The average Bonchev–Trinajstić information content (AvgIpc) is 3.44. The molecule has 1 fully saturated rings. The number of aromatic nitrogens is 1. The van der Waals surface area contributed by atoms with Crippen molar-refractivity contribution in [1.82, 2.24) is 15.6 Å². The second kappa shape index (κ2) is 9.15. The Balaban J connectivity index is 1.79. The van der Waals surface area contributed by atoms with Crippen LogP contribution >= 0.6 is 0 Å². The molecule has 1 aliphatic carbocycles. The molecule has 0 bridgehead atoms. The van der Waals surface area contributed by atoms with E-state index in [9.17, 15) is 14.4 Å². The number of aromatic amines is 1. The highest BCUT2D eigenvalue weighted by atomic mass is 16.5. The van der Waals surface area contributed by atoms with Crippen molar-refractivity contribution >= 4 is 17.8 Å². The molecule has 1 saturated carbocycles. The molecule has 1 aromatic carbocycles. The number of hydrogen-bond donors (Lipinski definition) is 3. The van der Waals surface area contributed by atoms with Crippen molar-refractivity contribution in [2.75, 3.05) is 0 Å². The third-order valence-electron chi connectivity index (χ3n) is 5.04. The van der Waals surface area contributed by atoms with E-state index in [1.54, 1.807) is 27.7 Å². The SMILES string of the molecule is Cc1[nH]c(C(=O)NC(Cc2ccccc2)C(=O)NC2CC2)c(C)c1C(=O)OC(C)C. The first kappa shape index (κ1) is 21.6. The molecule has 0 spiro atoms. The Morgan fingerprint density at radius 1 is 1.13 bits per heavy atom. The first-order chi connectivity index (χ1) is 14.3. The molecular formula is C23H29N3O4. The van der Waals surface area contributed by atoms with Crippen LogP contribution in [0, 0.1) is 13.8 Å². The molecule has 7 nitrogen and oxygen atoms in total. The lowest BCUT2D eigenvalue weighted by atomic mass is 10.0. The van der Waals surface area contributed by atoms with Crippen LogP contribution in [0.2, 0.25) is 0 Å². The van der Waals surface area contributed by atoms with Crippen LogP contribution in [-0.4, -0.2) is 41.0 Å². The van der Waals surface area contributed by atoms with Gasteiger partial charge in [-0.2, -0.15) is 0 Å². The molecule has 160 valence electrons. The smallest absolute Gasteiger partial charge is 0.340 e. The highest BCUT2D eigenvalue weighted by Gasteiger charge is 2.30. The van der Waals surface area contributed by atoms with Gasteiger partial charge in [0.1, 0.15) is 11.7 Å². The molecule has 1 aliphatic rings. The molecule has 1 atom stereocenters. The highest BCUT2D eigenvalue weighted by molar-refractivity contribution is 6.02. The number of H-pyrrole nitrogens is 1. The van der Waals surface area contributed by atoms with Crippen molar-refractivity contribution in [3.63, 3.8) is 0 Å². The summed E-state index contributed by atoms with van der Waals surface area (Å²) in [6, 6.07) is 9.04. The summed E-state index contributed by atoms with van der Waals surface area (Å²) in [6.07, 6.45) is 2.05. The summed E-state index contributed by atoms with van der Waals surface area (Å²) >= 11 is 0. The molecule has 1 heterocycles. The zero-order valence-corrected chi connectivity index (χ0v) is 17.9. The van der Waals surface area contributed by atoms with Gasteiger partial charge in [-0.3, -0.25) is 9.59 Å². The van der Waals surface area contributed by atoms with E-state index < -0.39 is 17.9 Å². The zero-order valence-electron chi connectivity index (χ0n) is 17.9. The second-order valence-electron chi connectivity index (χ2n) is 8.08. The number of amides is 2. The third-order valence-corrected chi connectivity index (χ3v) is 5.04. The predicted molar refractivity (Wildman–Crippen MR) is 113 cm³/mol. The summed E-state index contributed by atoms with van der Waals surface area (Å²) in [5.74, 6) is -1.09. The minimum absolute atomic E-state index is 0.194. The van der Waals surface area contributed by atoms with Gasteiger partial charge < -0.3 is 20.4 Å². The predicted octanol–water partition coefficient (Wildman–Crippen LogP) is 2.82. The zero-order chi connectivity index (χ0) is 21.8. The van der Waals surface area contributed by atoms with E-state index in [1.807, 2.05) is 30.3 Å². The van der Waals surface area contributed by atoms with Gasteiger partial charge in [-0.15, -0.1) is 0 Å². The van der Waals surface area contributed by atoms with Gasteiger partial charge in [0.25, 0.3) is 5.91 Å². The fourth-order valence-electron chi connectivity index (χ4n) is 3.38. The number of carbonyl (C=O) groups excluding carboxylic acids is 3. The second-order valence-corrected chi connectivity index (χ2v) is 8.08. The maximum Gasteiger partial charge on any atom is 0.340 e. The number of aryl methyl sites for hydroxylation is 1. The lowest BCUT2D eigenvalue weighted by Gasteiger charge is -2.18. The van der Waals surface area contributed by atoms with Crippen molar-refractivity contribution in [2.24, 2.45) is 0 Å². The van der Waals surface area contributed by atoms with Crippen LogP contribution in [0.4, 0.5) is 0 Å². The van der Waals surface area contributed by atoms with Crippen LogP contribution in [0.5, 0.6) is 0 Å². The number of nitrogens with one attached hydrogen (secondary N) is 3. The maximum atomic E-state index is 13.0. The molecule has 2 aromatic rings. The van der Waals surface area contributed by atoms with Crippen molar-refractivity contribution in [3.05, 3.63) is 58.4 Å². The largest absolute Gasteiger partial charge is 0.459 e. The summed E-state index contributed by atoms with van der Waals surface area (Å²) in [6.45, 7) is 6.97. The quantitative estimate of drug-likeness (QED) is 0.582. The summed E-state index contributed by atoms with van der Waals surface area (Å²) in [5, 5.41) is 5.81. The third kappa shape index (κ3) is 5.28. The van der Waals surface area contributed by atoms with Crippen molar-refractivity contribution < 1.29 is 19.1 Å². The molecule has 7 heteroatoms. The van der Waals surface area contributed by atoms with Crippen LogP contribution in [-0.2, 0) is 16.0 Å². The summed E-state index contributed by atoms with van der Waals surface area (Å²) in [4.78, 5) is 41.1. The van der Waals surface area contributed by atoms with Gasteiger partial charge in [0.2, 0.25) is 5.91 Å². The highest BCUT2D eigenvalue weighted by Crippen LogP contribution is 2.21. The topological polar surface area (TPSA) is 100 Å². The Hall–Kier alpha value is -3.09. The molecule has 30 heavy (non-hydrogen) atoms. The van der Waals surface area contributed by atoms with Gasteiger partial charge in [0, 0.05) is 18.2 Å². The monoisotopic (exact) mass is 411 g/mol. The van der Waals surface area contributed by atoms with E-state index in [0.717, 1.165) is 18.4 Å². The van der Waals surface area contributed by atoms with Gasteiger partial charge in [-0.05, 0) is 51.7 Å². The van der Waals surface area contributed by atoms with Gasteiger partial charge in [-0.25, -0.2) is 4.79 Å². The fourth-order valence-corrected chi connectivity index (χ4v) is 3.38. The van der Waals surface area contributed by atoms with Crippen LogP contribution in [0.1, 0.15) is 64.4 Å². The first-order valence-corrected chi connectivity index (χ1v) is 10.3. The molecule has 1 aromatic heterocycles. The Bertz CT molecular complexity index is 929.